The minimum atomic E-state index is -0.328. The number of hydrogen-bond donors (Lipinski definition) is 1. The molecule has 1 aliphatic carbocycles. The molecule has 0 unspecified atom stereocenters. The summed E-state index contributed by atoms with van der Waals surface area (Å²) in [5.74, 6) is -0.472. The van der Waals surface area contributed by atoms with Crippen LogP contribution in [0.15, 0.2) is 35.5 Å². The molecule has 1 aliphatic rings. The highest BCUT2D eigenvalue weighted by atomic mass is 16.5. The van der Waals surface area contributed by atoms with Crippen LogP contribution < -0.4 is 10.2 Å². The van der Waals surface area contributed by atoms with Gasteiger partial charge in [0.1, 0.15) is 12.2 Å². The van der Waals surface area contributed by atoms with Crippen LogP contribution in [0.25, 0.3) is 0 Å². The van der Waals surface area contributed by atoms with Gasteiger partial charge in [-0.05, 0) is 63.3 Å². The van der Waals surface area contributed by atoms with E-state index in [0.29, 0.717) is 43.9 Å². The van der Waals surface area contributed by atoms with Crippen LogP contribution >= 0.6 is 0 Å². The van der Waals surface area contributed by atoms with Gasteiger partial charge in [-0.3, -0.25) is 14.4 Å². The number of hydrogen-bond acceptors (Lipinski definition) is 6. The highest BCUT2D eigenvalue weighted by molar-refractivity contribution is 6.10. The van der Waals surface area contributed by atoms with Crippen LogP contribution in [0.1, 0.15) is 62.2 Å². The lowest BCUT2D eigenvalue weighted by Gasteiger charge is -2.21. The number of rotatable bonds is 13. The van der Waals surface area contributed by atoms with Crippen molar-refractivity contribution in [3.63, 3.8) is 0 Å². The molecule has 1 N–H and O–H groups in total. The summed E-state index contributed by atoms with van der Waals surface area (Å²) in [7, 11) is 5.10. The number of ether oxygens (including phenoxy) is 1. The van der Waals surface area contributed by atoms with Crippen LogP contribution in [0.3, 0.4) is 0 Å². The van der Waals surface area contributed by atoms with Gasteiger partial charge in [0.15, 0.2) is 5.78 Å². The Morgan fingerprint density at radius 3 is 2.29 bits per heavy atom. The quantitative estimate of drug-likeness (QED) is 0.270. The monoisotopic (exact) mass is 471 g/mol. The molecule has 1 aromatic rings. The first-order valence-electron chi connectivity index (χ1n) is 11.9. The molecule has 0 bridgehead atoms. The second-order valence-electron chi connectivity index (χ2n) is 8.65. The van der Waals surface area contributed by atoms with E-state index in [1.807, 2.05) is 7.05 Å². The first-order chi connectivity index (χ1) is 16.2. The summed E-state index contributed by atoms with van der Waals surface area (Å²) in [6.45, 7) is 2.74. The Balaban J connectivity index is 1.85. The SMILES string of the molecule is CNC1=C(C(=O)c2ccc(N(C)C(=O)CC(=O)N(C)CCOCCCC(C)=O)cc2)CCCC1. The smallest absolute Gasteiger partial charge is 0.236 e. The molecule has 2 amide bonds. The highest BCUT2D eigenvalue weighted by Crippen LogP contribution is 2.26. The van der Waals surface area contributed by atoms with Gasteiger partial charge in [0.05, 0.1) is 6.61 Å². The molecule has 0 atom stereocenters. The predicted molar refractivity (Wildman–Crippen MR) is 132 cm³/mol. The topological polar surface area (TPSA) is 96.0 Å². The normalized spacial score (nSPS) is 13.4. The lowest BCUT2D eigenvalue weighted by molar-refractivity contribution is -0.134. The number of amides is 2. The number of allylic oxidation sites excluding steroid dienone is 2. The molecule has 0 aromatic heterocycles. The fourth-order valence-corrected chi connectivity index (χ4v) is 3.82. The Hall–Kier alpha value is -3.00. The zero-order chi connectivity index (χ0) is 25.1. The molecular formula is C26H37N3O5. The van der Waals surface area contributed by atoms with Crippen LogP contribution in [-0.2, 0) is 19.1 Å². The molecule has 186 valence electrons. The van der Waals surface area contributed by atoms with Gasteiger partial charge in [-0.2, -0.15) is 0 Å². The minimum absolute atomic E-state index is 0.0184. The third kappa shape index (κ3) is 8.09. The van der Waals surface area contributed by atoms with Gasteiger partial charge in [-0.15, -0.1) is 0 Å². The number of Topliss-reactive ketones (excluding diaryl/α,β-unsaturated/α-hetero) is 2. The maximum atomic E-state index is 12.9. The summed E-state index contributed by atoms with van der Waals surface area (Å²) in [6, 6.07) is 6.93. The van der Waals surface area contributed by atoms with E-state index < -0.39 is 0 Å². The average Bonchev–Trinajstić information content (AvgIpc) is 2.84. The van der Waals surface area contributed by atoms with Crippen LogP contribution in [-0.4, -0.2) is 69.2 Å². The molecular weight excluding hydrogens is 434 g/mol. The van der Waals surface area contributed by atoms with Gasteiger partial charge in [0.25, 0.3) is 0 Å². The van der Waals surface area contributed by atoms with E-state index >= 15 is 0 Å². The van der Waals surface area contributed by atoms with Gasteiger partial charge in [-0.25, -0.2) is 0 Å². The number of carbonyl (C=O) groups excluding carboxylic acids is 4. The predicted octanol–water partition coefficient (Wildman–Crippen LogP) is 3.11. The maximum absolute atomic E-state index is 12.9. The standard InChI is InChI=1S/C26H37N3O5/c1-19(30)8-7-16-34-17-15-28(3)24(31)18-25(32)29(4)21-13-11-20(12-14-21)26(33)22-9-5-6-10-23(22)27-2/h11-14,27H,5-10,15-18H2,1-4H3. The largest absolute Gasteiger partial charge is 0.391 e. The Bertz CT molecular complexity index is 908. The van der Waals surface area contributed by atoms with E-state index in [1.165, 1.54) is 9.80 Å². The van der Waals surface area contributed by atoms with Crippen LogP contribution in [0.4, 0.5) is 5.69 Å². The van der Waals surface area contributed by atoms with Crippen molar-refractivity contribution in [3.8, 4) is 0 Å². The fourth-order valence-electron chi connectivity index (χ4n) is 3.82. The second-order valence-corrected chi connectivity index (χ2v) is 8.65. The molecule has 0 aliphatic heterocycles. The first kappa shape index (κ1) is 27.2. The average molecular weight is 472 g/mol. The van der Waals surface area contributed by atoms with Gasteiger partial charge in [-0.1, -0.05) is 0 Å². The third-order valence-electron chi connectivity index (χ3n) is 6.05. The Labute approximate surface area is 202 Å². The molecule has 0 saturated carbocycles. The van der Waals surface area contributed by atoms with E-state index in [-0.39, 0.29) is 29.8 Å². The molecule has 0 saturated heterocycles. The van der Waals surface area contributed by atoms with E-state index in [9.17, 15) is 19.2 Å². The second kappa shape index (κ2) is 13.6. The summed E-state index contributed by atoms with van der Waals surface area (Å²) in [5.41, 5.74) is 3.06. The van der Waals surface area contributed by atoms with Gasteiger partial charge < -0.3 is 24.6 Å². The molecule has 1 aromatic carbocycles. The fraction of sp³-hybridized carbons (Fsp3) is 0.538. The number of benzene rings is 1. The first-order valence-corrected chi connectivity index (χ1v) is 11.9. The van der Waals surface area contributed by atoms with Crippen molar-refractivity contribution in [1.82, 2.24) is 10.2 Å². The number of carbonyl (C=O) groups is 4. The number of nitrogens with zero attached hydrogens (tertiary/aromatic N) is 2. The molecule has 0 heterocycles. The third-order valence-corrected chi connectivity index (χ3v) is 6.05. The van der Waals surface area contributed by atoms with Crippen molar-refractivity contribution in [2.75, 3.05) is 45.8 Å². The number of nitrogens with one attached hydrogen (secondary N) is 1. The number of anilines is 1. The summed E-state index contributed by atoms with van der Waals surface area (Å²) in [6.07, 6.45) is 4.65. The number of likely N-dealkylation sites (N-methyl/N-ethyl adjacent to an activating group) is 1. The van der Waals surface area contributed by atoms with Gasteiger partial charge in [0.2, 0.25) is 11.8 Å². The molecule has 0 radical (unpaired) electrons. The van der Waals surface area contributed by atoms with Gasteiger partial charge in [0, 0.05) is 63.2 Å². The molecule has 8 nitrogen and oxygen atoms in total. The van der Waals surface area contributed by atoms with Crippen LogP contribution in [0.2, 0.25) is 0 Å². The Morgan fingerprint density at radius 1 is 0.971 bits per heavy atom. The van der Waals surface area contributed by atoms with Crippen molar-refractivity contribution in [1.29, 1.82) is 0 Å². The van der Waals surface area contributed by atoms with Crippen molar-refractivity contribution >= 4 is 29.1 Å². The Kier molecular flexibility index (Phi) is 10.9. The van der Waals surface area contributed by atoms with Gasteiger partial charge >= 0.3 is 0 Å². The summed E-state index contributed by atoms with van der Waals surface area (Å²) < 4.78 is 5.44. The summed E-state index contributed by atoms with van der Waals surface area (Å²) in [5, 5.41) is 3.15. The van der Waals surface area contributed by atoms with Crippen molar-refractivity contribution < 1.29 is 23.9 Å². The minimum Gasteiger partial charge on any atom is -0.391 e. The molecule has 0 spiro atoms. The number of ketones is 2. The molecule has 34 heavy (non-hydrogen) atoms. The zero-order valence-electron chi connectivity index (χ0n) is 20.8. The van der Waals surface area contributed by atoms with Crippen molar-refractivity contribution in [2.24, 2.45) is 0 Å². The lowest BCUT2D eigenvalue weighted by atomic mass is 9.90. The maximum Gasteiger partial charge on any atom is 0.236 e. The van der Waals surface area contributed by atoms with Crippen LogP contribution in [0.5, 0.6) is 0 Å². The van der Waals surface area contributed by atoms with E-state index in [2.05, 4.69) is 5.32 Å². The Morgan fingerprint density at radius 2 is 1.65 bits per heavy atom. The van der Waals surface area contributed by atoms with Crippen molar-refractivity contribution in [3.05, 3.63) is 41.1 Å². The summed E-state index contributed by atoms with van der Waals surface area (Å²) >= 11 is 0. The van der Waals surface area contributed by atoms with E-state index in [1.54, 1.807) is 45.3 Å². The molecule has 8 heteroatoms. The van der Waals surface area contributed by atoms with E-state index in [0.717, 1.165) is 37.0 Å². The van der Waals surface area contributed by atoms with E-state index in [4.69, 9.17) is 4.74 Å². The summed E-state index contributed by atoms with van der Waals surface area (Å²) in [4.78, 5) is 51.7. The lowest BCUT2D eigenvalue weighted by Crippen LogP contribution is -2.36. The van der Waals surface area contributed by atoms with Crippen molar-refractivity contribution in [2.45, 2.75) is 51.9 Å². The zero-order valence-corrected chi connectivity index (χ0v) is 20.8. The highest BCUT2D eigenvalue weighted by Gasteiger charge is 2.21. The molecule has 2 rings (SSSR count). The van der Waals surface area contributed by atoms with Crippen LogP contribution in [0, 0.1) is 0 Å². The molecule has 0 fully saturated rings.